The monoisotopic (exact) mass is 413 g/mol. The van der Waals surface area contributed by atoms with Crippen LogP contribution in [0.25, 0.3) is 0 Å². The Morgan fingerprint density at radius 2 is 2.03 bits per heavy atom. The van der Waals surface area contributed by atoms with Gasteiger partial charge in [-0.1, -0.05) is 32.0 Å². The predicted octanol–water partition coefficient (Wildman–Crippen LogP) is 3.18. The van der Waals surface area contributed by atoms with E-state index >= 15 is 0 Å². The number of rotatable bonds is 6. The minimum atomic E-state index is -0.0515. The molecule has 0 aliphatic carbocycles. The molecule has 7 heteroatoms. The normalized spacial score (nSPS) is 20.9. The highest BCUT2D eigenvalue weighted by Crippen LogP contribution is 2.32. The van der Waals surface area contributed by atoms with Crippen LogP contribution in [0.4, 0.5) is 0 Å². The van der Waals surface area contributed by atoms with Crippen LogP contribution in [-0.4, -0.2) is 30.9 Å². The predicted molar refractivity (Wildman–Crippen MR) is 112 cm³/mol. The Hall–Kier alpha value is -2.54. The maximum atomic E-state index is 12.6. The van der Waals surface area contributed by atoms with Crippen molar-refractivity contribution in [2.75, 3.05) is 19.9 Å². The number of amides is 1. The summed E-state index contributed by atoms with van der Waals surface area (Å²) >= 11 is 0. The van der Waals surface area contributed by atoms with Gasteiger partial charge in [-0.25, -0.2) is 0 Å². The van der Waals surface area contributed by atoms with E-state index in [2.05, 4.69) is 42.6 Å². The third-order valence-corrected chi connectivity index (χ3v) is 5.91. The van der Waals surface area contributed by atoms with Crippen LogP contribution in [-0.2, 0) is 23.2 Å². The Morgan fingerprint density at radius 1 is 1.20 bits per heavy atom. The number of carbonyl (C=O) groups excluding carboxylic acids is 1. The van der Waals surface area contributed by atoms with Crippen molar-refractivity contribution >= 4 is 5.91 Å². The van der Waals surface area contributed by atoms with Crippen LogP contribution in [0.2, 0.25) is 0 Å². The number of hydrogen-bond acceptors (Lipinski definition) is 6. The molecule has 3 heterocycles. The lowest BCUT2D eigenvalue weighted by molar-refractivity contribution is -0.122. The zero-order chi connectivity index (χ0) is 21.1. The summed E-state index contributed by atoms with van der Waals surface area (Å²) in [5.41, 5.74) is 1.93. The first kappa shape index (κ1) is 20.7. The van der Waals surface area contributed by atoms with Crippen LogP contribution in [0.1, 0.15) is 50.6 Å². The van der Waals surface area contributed by atoms with Crippen LogP contribution in [0.15, 0.2) is 28.8 Å². The molecule has 1 fully saturated rings. The van der Waals surface area contributed by atoms with Crippen molar-refractivity contribution in [2.24, 2.45) is 11.8 Å². The number of nitrogens with zero attached hydrogens (tertiary/aromatic N) is 1. The number of nitrogens with one attached hydrogen (secondary N) is 2. The number of hydrogen-bond donors (Lipinski definition) is 2. The average molecular weight is 414 g/mol. The van der Waals surface area contributed by atoms with Crippen molar-refractivity contribution in [2.45, 2.75) is 52.0 Å². The summed E-state index contributed by atoms with van der Waals surface area (Å²) in [6.45, 7) is 8.95. The van der Waals surface area contributed by atoms with Gasteiger partial charge < -0.3 is 24.6 Å². The van der Waals surface area contributed by atoms with Crippen molar-refractivity contribution in [1.82, 2.24) is 15.8 Å². The number of carbonyl (C=O) groups is 1. The summed E-state index contributed by atoms with van der Waals surface area (Å²) in [6.07, 6.45) is 2.35. The second kappa shape index (κ2) is 8.68. The largest absolute Gasteiger partial charge is 0.454 e. The third kappa shape index (κ3) is 4.95. The molecule has 0 bridgehead atoms. The molecule has 0 saturated carbocycles. The van der Waals surface area contributed by atoms with Gasteiger partial charge in [-0.05, 0) is 55.5 Å². The van der Waals surface area contributed by atoms with Gasteiger partial charge in [0.15, 0.2) is 11.5 Å². The van der Waals surface area contributed by atoms with E-state index in [1.165, 1.54) is 0 Å². The number of piperidine rings is 1. The summed E-state index contributed by atoms with van der Waals surface area (Å²) < 4.78 is 16.3. The third-order valence-electron chi connectivity index (χ3n) is 5.91. The average Bonchev–Trinajstić information content (AvgIpc) is 3.36. The Kier molecular flexibility index (Phi) is 5.99. The van der Waals surface area contributed by atoms with E-state index in [1.807, 2.05) is 18.2 Å². The summed E-state index contributed by atoms with van der Waals surface area (Å²) in [4.78, 5) is 12.6. The number of benzene rings is 1. The minimum absolute atomic E-state index is 0.0515. The molecule has 2 N–H and O–H groups in total. The van der Waals surface area contributed by atoms with Crippen LogP contribution < -0.4 is 20.1 Å². The fraction of sp³-hybridized carbons (Fsp3) is 0.565. The van der Waals surface area contributed by atoms with Gasteiger partial charge in [0.1, 0.15) is 5.76 Å². The topological polar surface area (TPSA) is 85.6 Å². The quantitative estimate of drug-likeness (QED) is 0.757. The first-order valence-electron chi connectivity index (χ1n) is 10.7. The van der Waals surface area contributed by atoms with Crippen LogP contribution >= 0.6 is 0 Å². The van der Waals surface area contributed by atoms with Gasteiger partial charge in [0.05, 0.1) is 5.69 Å². The fourth-order valence-corrected chi connectivity index (χ4v) is 4.08. The molecule has 2 aromatic rings. The number of fused-ring (bicyclic) bond motifs is 1. The fourth-order valence-electron chi connectivity index (χ4n) is 4.08. The van der Waals surface area contributed by atoms with E-state index in [4.69, 9.17) is 14.0 Å². The molecule has 1 amide bonds. The highest BCUT2D eigenvalue weighted by Gasteiger charge is 2.29. The van der Waals surface area contributed by atoms with Crippen molar-refractivity contribution in [3.8, 4) is 11.5 Å². The van der Waals surface area contributed by atoms with E-state index < -0.39 is 0 Å². The molecule has 162 valence electrons. The summed E-state index contributed by atoms with van der Waals surface area (Å²) in [5, 5.41) is 10.8. The van der Waals surface area contributed by atoms with Crippen molar-refractivity contribution < 1.29 is 18.8 Å². The zero-order valence-electron chi connectivity index (χ0n) is 18.0. The van der Waals surface area contributed by atoms with E-state index in [0.717, 1.165) is 54.4 Å². The van der Waals surface area contributed by atoms with Crippen molar-refractivity contribution in [1.29, 1.82) is 0 Å². The maximum absolute atomic E-state index is 12.6. The van der Waals surface area contributed by atoms with Crippen LogP contribution in [0.5, 0.6) is 11.5 Å². The summed E-state index contributed by atoms with van der Waals surface area (Å²) in [7, 11) is 0. The molecule has 1 aromatic heterocycles. The van der Waals surface area contributed by atoms with Gasteiger partial charge in [0.25, 0.3) is 0 Å². The molecule has 2 atom stereocenters. The Bertz CT molecular complexity index is 887. The Labute approximate surface area is 177 Å². The van der Waals surface area contributed by atoms with Crippen molar-refractivity contribution in [3.63, 3.8) is 0 Å². The molecule has 1 saturated heterocycles. The molecule has 2 aliphatic heterocycles. The Morgan fingerprint density at radius 3 is 2.83 bits per heavy atom. The van der Waals surface area contributed by atoms with Gasteiger partial charge in [-0.2, -0.15) is 0 Å². The first-order chi connectivity index (χ1) is 14.4. The minimum Gasteiger partial charge on any atom is -0.454 e. The lowest BCUT2D eigenvalue weighted by Crippen LogP contribution is -2.40. The zero-order valence-corrected chi connectivity index (χ0v) is 18.0. The first-order valence-corrected chi connectivity index (χ1v) is 10.7. The van der Waals surface area contributed by atoms with Crippen LogP contribution in [0.3, 0.4) is 0 Å². The van der Waals surface area contributed by atoms with Gasteiger partial charge in [0.2, 0.25) is 12.7 Å². The lowest BCUT2D eigenvalue weighted by Gasteiger charge is -2.31. The number of ether oxygens (including phenoxy) is 2. The van der Waals surface area contributed by atoms with Gasteiger partial charge in [-0.3, -0.25) is 4.79 Å². The second-order valence-electron chi connectivity index (χ2n) is 9.32. The molecule has 2 unspecified atom stereocenters. The Balaban J connectivity index is 1.31. The second-order valence-corrected chi connectivity index (χ2v) is 9.32. The summed E-state index contributed by atoms with van der Waals surface area (Å²) in [6, 6.07) is 7.83. The van der Waals surface area contributed by atoms with E-state index in [9.17, 15) is 4.79 Å². The standard InChI is InChI=1S/C23H31N3O4/c1-23(2,3)21-11-18(26-30-21)9-17-13-24-7-6-16(17)10-22(27)25-12-15-4-5-19-20(8-15)29-14-28-19/h4-5,8,11,16-17,24H,6-7,9-10,12-14H2,1-3H3,(H,25,27). The molecular formula is C23H31N3O4. The molecule has 1 aromatic carbocycles. The maximum Gasteiger partial charge on any atom is 0.231 e. The molecule has 7 nitrogen and oxygen atoms in total. The van der Waals surface area contributed by atoms with Crippen molar-refractivity contribution in [3.05, 3.63) is 41.3 Å². The highest BCUT2D eigenvalue weighted by molar-refractivity contribution is 5.76. The number of aromatic nitrogens is 1. The van der Waals surface area contributed by atoms with Gasteiger partial charge in [-0.15, -0.1) is 0 Å². The molecule has 2 aliphatic rings. The molecular weight excluding hydrogens is 382 g/mol. The molecule has 4 rings (SSSR count). The van der Waals surface area contributed by atoms with E-state index in [-0.39, 0.29) is 18.1 Å². The SMILES string of the molecule is CC(C)(C)c1cc(CC2CNCCC2CC(=O)NCc2ccc3c(c2)OCO3)no1. The molecule has 0 radical (unpaired) electrons. The van der Waals surface area contributed by atoms with E-state index in [1.54, 1.807) is 0 Å². The van der Waals surface area contributed by atoms with Gasteiger partial charge in [0, 0.05) is 24.4 Å². The highest BCUT2D eigenvalue weighted by atomic mass is 16.7. The molecule has 0 spiro atoms. The molecule has 30 heavy (non-hydrogen) atoms. The van der Waals surface area contributed by atoms with E-state index in [0.29, 0.717) is 24.8 Å². The van der Waals surface area contributed by atoms with Crippen LogP contribution in [0, 0.1) is 11.8 Å². The smallest absolute Gasteiger partial charge is 0.231 e. The lowest BCUT2D eigenvalue weighted by atomic mass is 9.81. The van der Waals surface area contributed by atoms with Gasteiger partial charge >= 0.3 is 0 Å². The summed E-state index contributed by atoms with van der Waals surface area (Å²) in [5.74, 6) is 3.18.